The second kappa shape index (κ2) is 5.03. The topological polar surface area (TPSA) is 26.3 Å². The van der Waals surface area contributed by atoms with E-state index in [1.54, 1.807) is 6.08 Å². The highest BCUT2D eigenvalue weighted by atomic mass is 32.2. The molecule has 0 spiro atoms. The molecule has 0 aromatic heterocycles. The standard InChI is InChI=1S/C13H12O2S/c1-2-10-8-9-15-13(14)12(10)16-11-6-4-3-5-7-11/h2-7H,1,8-9H2. The number of esters is 1. The van der Waals surface area contributed by atoms with Crippen molar-refractivity contribution in [1.29, 1.82) is 0 Å². The summed E-state index contributed by atoms with van der Waals surface area (Å²) in [6, 6.07) is 9.79. The highest BCUT2D eigenvalue weighted by Crippen LogP contribution is 2.33. The van der Waals surface area contributed by atoms with Gasteiger partial charge in [-0.05, 0) is 17.7 Å². The minimum atomic E-state index is -0.241. The highest BCUT2D eigenvalue weighted by Gasteiger charge is 2.21. The molecular weight excluding hydrogens is 220 g/mol. The predicted molar refractivity (Wildman–Crippen MR) is 65.1 cm³/mol. The van der Waals surface area contributed by atoms with Gasteiger partial charge < -0.3 is 4.74 Å². The molecule has 3 heteroatoms. The van der Waals surface area contributed by atoms with Crippen molar-refractivity contribution in [2.45, 2.75) is 11.3 Å². The van der Waals surface area contributed by atoms with Gasteiger partial charge in [0.2, 0.25) is 0 Å². The molecule has 1 aliphatic heterocycles. The van der Waals surface area contributed by atoms with Crippen LogP contribution in [0.3, 0.4) is 0 Å². The van der Waals surface area contributed by atoms with Gasteiger partial charge in [0, 0.05) is 11.3 Å². The maximum atomic E-state index is 11.6. The molecule has 1 aromatic rings. The van der Waals surface area contributed by atoms with Crippen molar-refractivity contribution < 1.29 is 9.53 Å². The fraction of sp³-hybridized carbons (Fsp3) is 0.154. The average Bonchev–Trinajstić information content (AvgIpc) is 2.33. The van der Waals surface area contributed by atoms with Gasteiger partial charge in [-0.2, -0.15) is 0 Å². The summed E-state index contributed by atoms with van der Waals surface area (Å²) in [6.07, 6.45) is 2.50. The summed E-state index contributed by atoms with van der Waals surface area (Å²) in [5.41, 5.74) is 0.977. The fourth-order valence-corrected chi connectivity index (χ4v) is 2.46. The number of benzene rings is 1. The predicted octanol–water partition coefficient (Wildman–Crippen LogP) is 3.17. The van der Waals surface area contributed by atoms with Crippen molar-refractivity contribution in [3.63, 3.8) is 0 Å². The van der Waals surface area contributed by atoms with Crippen molar-refractivity contribution in [1.82, 2.24) is 0 Å². The van der Waals surface area contributed by atoms with Crippen LogP contribution in [0.1, 0.15) is 6.42 Å². The summed E-state index contributed by atoms with van der Waals surface area (Å²) < 4.78 is 5.03. The quantitative estimate of drug-likeness (QED) is 0.749. The number of ether oxygens (including phenoxy) is 1. The van der Waals surface area contributed by atoms with Crippen LogP contribution in [0.15, 0.2) is 58.4 Å². The molecule has 0 radical (unpaired) electrons. The Labute approximate surface area is 99.0 Å². The number of allylic oxidation sites excluding steroid dienone is 1. The van der Waals surface area contributed by atoms with Crippen molar-refractivity contribution in [3.8, 4) is 0 Å². The number of carbonyl (C=O) groups excluding carboxylic acids is 1. The van der Waals surface area contributed by atoms with E-state index < -0.39 is 0 Å². The molecule has 82 valence electrons. The van der Waals surface area contributed by atoms with Crippen molar-refractivity contribution in [2.75, 3.05) is 6.61 Å². The number of carbonyl (C=O) groups is 1. The lowest BCUT2D eigenvalue weighted by Gasteiger charge is -2.16. The summed E-state index contributed by atoms with van der Waals surface area (Å²) in [4.78, 5) is 13.3. The van der Waals surface area contributed by atoms with E-state index in [0.717, 1.165) is 16.9 Å². The van der Waals surface area contributed by atoms with Crippen LogP contribution in [0.2, 0.25) is 0 Å². The number of thioether (sulfide) groups is 1. The molecule has 0 atom stereocenters. The van der Waals surface area contributed by atoms with Gasteiger partial charge in [0.05, 0.1) is 6.61 Å². The van der Waals surface area contributed by atoms with Gasteiger partial charge in [-0.25, -0.2) is 4.79 Å². The van der Waals surface area contributed by atoms with Gasteiger partial charge in [-0.3, -0.25) is 0 Å². The van der Waals surface area contributed by atoms with E-state index >= 15 is 0 Å². The van der Waals surface area contributed by atoms with Crippen molar-refractivity contribution >= 4 is 17.7 Å². The summed E-state index contributed by atoms with van der Waals surface area (Å²) in [7, 11) is 0. The average molecular weight is 232 g/mol. The molecule has 0 bridgehead atoms. The summed E-state index contributed by atoms with van der Waals surface area (Å²) >= 11 is 1.44. The van der Waals surface area contributed by atoms with Crippen LogP contribution in [-0.4, -0.2) is 12.6 Å². The fourth-order valence-electron chi connectivity index (χ4n) is 1.47. The third kappa shape index (κ3) is 2.36. The molecule has 0 amide bonds. The van der Waals surface area contributed by atoms with Crippen molar-refractivity contribution in [2.24, 2.45) is 0 Å². The van der Waals surface area contributed by atoms with Crippen LogP contribution >= 0.6 is 11.8 Å². The summed E-state index contributed by atoms with van der Waals surface area (Å²) in [6.45, 7) is 4.19. The molecule has 0 unspecified atom stereocenters. The first-order chi connectivity index (χ1) is 7.81. The van der Waals surface area contributed by atoms with E-state index in [0.29, 0.717) is 11.5 Å². The first kappa shape index (κ1) is 11.0. The maximum absolute atomic E-state index is 11.6. The molecule has 0 N–H and O–H groups in total. The minimum Gasteiger partial charge on any atom is -0.461 e. The van der Waals surface area contributed by atoms with E-state index in [-0.39, 0.29) is 5.97 Å². The number of rotatable bonds is 3. The maximum Gasteiger partial charge on any atom is 0.345 e. The first-order valence-corrected chi connectivity index (χ1v) is 5.88. The van der Waals surface area contributed by atoms with E-state index in [1.807, 2.05) is 30.3 Å². The molecule has 0 saturated carbocycles. The molecule has 0 aliphatic carbocycles. The Hall–Kier alpha value is -1.48. The van der Waals surface area contributed by atoms with Crippen molar-refractivity contribution in [3.05, 3.63) is 53.5 Å². The van der Waals surface area contributed by atoms with E-state index in [1.165, 1.54) is 11.8 Å². The Balaban J connectivity index is 2.27. The normalized spacial score (nSPS) is 15.9. The van der Waals surface area contributed by atoms with Gasteiger partial charge in [-0.1, -0.05) is 42.6 Å². The Kier molecular flexibility index (Phi) is 3.47. The summed E-state index contributed by atoms with van der Waals surface area (Å²) in [5, 5.41) is 0. The van der Waals surface area contributed by atoms with E-state index in [2.05, 4.69) is 6.58 Å². The van der Waals surface area contributed by atoms with Crippen LogP contribution in [0.25, 0.3) is 0 Å². The second-order valence-corrected chi connectivity index (χ2v) is 4.44. The smallest absolute Gasteiger partial charge is 0.345 e. The molecule has 2 nitrogen and oxygen atoms in total. The Bertz CT molecular complexity index is 435. The van der Waals surface area contributed by atoms with Gasteiger partial charge >= 0.3 is 5.97 Å². The molecular formula is C13H12O2S. The molecule has 16 heavy (non-hydrogen) atoms. The van der Waals surface area contributed by atoms with Crippen LogP contribution in [0.4, 0.5) is 0 Å². The Morgan fingerprint density at radius 1 is 1.31 bits per heavy atom. The van der Waals surface area contributed by atoms with Gasteiger partial charge in [0.15, 0.2) is 0 Å². The second-order valence-electron chi connectivity index (χ2n) is 3.36. The zero-order valence-electron chi connectivity index (χ0n) is 8.81. The monoisotopic (exact) mass is 232 g/mol. The van der Waals surface area contributed by atoms with E-state index in [9.17, 15) is 4.79 Å². The van der Waals surface area contributed by atoms with Gasteiger partial charge in [-0.15, -0.1) is 0 Å². The van der Waals surface area contributed by atoms with E-state index in [4.69, 9.17) is 4.74 Å². The third-order valence-electron chi connectivity index (χ3n) is 2.29. The lowest BCUT2D eigenvalue weighted by atomic mass is 10.1. The zero-order valence-corrected chi connectivity index (χ0v) is 9.63. The largest absolute Gasteiger partial charge is 0.461 e. The number of hydrogen-bond donors (Lipinski definition) is 0. The molecule has 0 fully saturated rings. The molecule has 1 aromatic carbocycles. The van der Waals surface area contributed by atoms with Crippen LogP contribution < -0.4 is 0 Å². The van der Waals surface area contributed by atoms with Gasteiger partial charge in [0.25, 0.3) is 0 Å². The zero-order chi connectivity index (χ0) is 11.4. The lowest BCUT2D eigenvalue weighted by Crippen LogP contribution is -2.15. The van der Waals surface area contributed by atoms with Crippen LogP contribution in [-0.2, 0) is 9.53 Å². The number of cyclic esters (lactones) is 1. The lowest BCUT2D eigenvalue weighted by molar-refractivity contribution is -0.139. The third-order valence-corrected chi connectivity index (χ3v) is 3.43. The Morgan fingerprint density at radius 2 is 2.06 bits per heavy atom. The van der Waals surface area contributed by atoms with Crippen LogP contribution in [0, 0.1) is 0 Å². The van der Waals surface area contributed by atoms with Gasteiger partial charge in [0.1, 0.15) is 4.91 Å². The number of hydrogen-bond acceptors (Lipinski definition) is 3. The highest BCUT2D eigenvalue weighted by molar-refractivity contribution is 8.04. The first-order valence-electron chi connectivity index (χ1n) is 5.07. The Morgan fingerprint density at radius 3 is 2.75 bits per heavy atom. The molecule has 2 rings (SSSR count). The summed E-state index contributed by atoms with van der Waals surface area (Å²) in [5.74, 6) is -0.241. The molecule has 1 heterocycles. The molecule has 1 aliphatic rings. The SMILES string of the molecule is C=CC1=C(Sc2ccccc2)C(=O)OCC1. The van der Waals surface area contributed by atoms with Crippen LogP contribution in [0.5, 0.6) is 0 Å². The molecule has 0 saturated heterocycles. The minimum absolute atomic E-state index is 0.241.